The lowest BCUT2D eigenvalue weighted by molar-refractivity contribution is 0.640. The summed E-state index contributed by atoms with van der Waals surface area (Å²) in [5, 5.41) is 0. The molecule has 1 aromatic rings. The van der Waals surface area contributed by atoms with Crippen LogP contribution < -0.4 is 4.90 Å². The Kier molecular flexibility index (Phi) is 2.18. The van der Waals surface area contributed by atoms with E-state index in [1.54, 1.807) is 0 Å². The maximum atomic E-state index is 3.78. The molecule has 0 aliphatic carbocycles. The van der Waals surface area contributed by atoms with Crippen LogP contribution in [0.4, 0.5) is 5.69 Å². The van der Waals surface area contributed by atoms with Crippen LogP contribution in [0.5, 0.6) is 0 Å². The minimum Gasteiger partial charge on any atom is -0.347 e. The highest BCUT2D eigenvalue weighted by atomic mass is 15.2. The van der Waals surface area contributed by atoms with Crippen molar-refractivity contribution in [3.8, 4) is 0 Å². The van der Waals surface area contributed by atoms with E-state index >= 15 is 0 Å². The number of anilines is 1. The number of fused-ring (bicyclic) bond motifs is 1. The molecule has 0 fully saturated rings. The molecule has 0 bridgehead atoms. The molecule has 0 unspecified atom stereocenters. The van der Waals surface area contributed by atoms with Crippen molar-refractivity contribution in [3.05, 3.63) is 54.3 Å². The van der Waals surface area contributed by atoms with E-state index in [0.29, 0.717) is 0 Å². The van der Waals surface area contributed by atoms with Crippen molar-refractivity contribution < 1.29 is 0 Å². The standard InChI is InChI=1S/C14H17N/c1-5-8-13-14(2,3)11-9-6-7-10-12(11)15(13)4/h5-10H,1H2,2-4H3/b13-8-. The van der Waals surface area contributed by atoms with E-state index in [0.717, 1.165) is 0 Å². The molecule has 0 amide bonds. The molecule has 0 spiro atoms. The minimum absolute atomic E-state index is 0.0829. The summed E-state index contributed by atoms with van der Waals surface area (Å²) < 4.78 is 0. The van der Waals surface area contributed by atoms with Gasteiger partial charge in [-0.25, -0.2) is 0 Å². The smallest absolute Gasteiger partial charge is 0.0447 e. The Morgan fingerprint density at radius 1 is 1.27 bits per heavy atom. The lowest BCUT2D eigenvalue weighted by Gasteiger charge is -2.23. The fraction of sp³-hybridized carbons (Fsp3) is 0.286. The Bertz CT molecular complexity index is 427. The van der Waals surface area contributed by atoms with Crippen LogP contribution in [0.2, 0.25) is 0 Å². The first kappa shape index (κ1) is 10.0. The fourth-order valence-corrected chi connectivity index (χ4v) is 2.41. The van der Waals surface area contributed by atoms with Crippen LogP contribution in [0.3, 0.4) is 0 Å². The number of allylic oxidation sites excluding steroid dienone is 3. The monoisotopic (exact) mass is 199 g/mol. The van der Waals surface area contributed by atoms with Crippen LogP contribution in [0.25, 0.3) is 0 Å². The van der Waals surface area contributed by atoms with E-state index in [9.17, 15) is 0 Å². The summed E-state index contributed by atoms with van der Waals surface area (Å²) in [5.74, 6) is 0. The summed E-state index contributed by atoms with van der Waals surface area (Å²) in [7, 11) is 2.11. The molecule has 1 heteroatoms. The first-order valence-electron chi connectivity index (χ1n) is 5.25. The number of benzene rings is 1. The van der Waals surface area contributed by atoms with Crippen LogP contribution in [0.15, 0.2) is 48.7 Å². The summed E-state index contributed by atoms with van der Waals surface area (Å²) in [5.41, 5.74) is 4.08. The van der Waals surface area contributed by atoms with Gasteiger partial charge in [0.25, 0.3) is 0 Å². The number of para-hydroxylation sites is 1. The second kappa shape index (κ2) is 3.27. The van der Waals surface area contributed by atoms with Gasteiger partial charge in [-0.2, -0.15) is 0 Å². The third kappa shape index (κ3) is 1.30. The quantitative estimate of drug-likeness (QED) is 0.669. The number of rotatable bonds is 1. The van der Waals surface area contributed by atoms with Crippen LogP contribution in [-0.4, -0.2) is 7.05 Å². The second-order valence-electron chi connectivity index (χ2n) is 4.49. The van der Waals surface area contributed by atoms with Crippen LogP contribution in [0, 0.1) is 0 Å². The first-order valence-corrected chi connectivity index (χ1v) is 5.25. The Balaban J connectivity index is 2.64. The van der Waals surface area contributed by atoms with Crippen LogP contribution in [-0.2, 0) is 5.41 Å². The third-order valence-corrected chi connectivity index (χ3v) is 3.22. The number of likely N-dealkylation sites (N-methyl/N-ethyl adjacent to an activating group) is 1. The van der Waals surface area contributed by atoms with Gasteiger partial charge in [-0.3, -0.25) is 0 Å². The van der Waals surface area contributed by atoms with E-state index < -0.39 is 0 Å². The van der Waals surface area contributed by atoms with E-state index in [1.165, 1.54) is 16.9 Å². The highest BCUT2D eigenvalue weighted by Crippen LogP contribution is 2.46. The molecular weight excluding hydrogens is 182 g/mol. The summed E-state index contributed by atoms with van der Waals surface area (Å²) in [4.78, 5) is 2.25. The zero-order valence-electron chi connectivity index (χ0n) is 9.62. The van der Waals surface area contributed by atoms with Gasteiger partial charge in [0.2, 0.25) is 0 Å². The highest BCUT2D eigenvalue weighted by Gasteiger charge is 2.37. The van der Waals surface area contributed by atoms with Gasteiger partial charge >= 0.3 is 0 Å². The molecule has 2 rings (SSSR count). The molecule has 1 nitrogen and oxygen atoms in total. The molecular formula is C14H17N. The van der Waals surface area contributed by atoms with Crippen LogP contribution in [0.1, 0.15) is 19.4 Å². The normalized spacial score (nSPS) is 20.5. The van der Waals surface area contributed by atoms with Crippen molar-refractivity contribution in [2.45, 2.75) is 19.3 Å². The second-order valence-corrected chi connectivity index (χ2v) is 4.49. The molecule has 0 radical (unpaired) electrons. The van der Waals surface area contributed by atoms with Gasteiger partial charge in [0.15, 0.2) is 0 Å². The third-order valence-electron chi connectivity index (χ3n) is 3.22. The largest absolute Gasteiger partial charge is 0.347 e. The average Bonchev–Trinajstić information content (AvgIpc) is 2.41. The van der Waals surface area contributed by atoms with Crippen molar-refractivity contribution in [2.24, 2.45) is 0 Å². The van der Waals surface area contributed by atoms with E-state index in [1.807, 2.05) is 6.08 Å². The molecule has 1 aromatic carbocycles. The lowest BCUT2D eigenvalue weighted by Crippen LogP contribution is -2.22. The summed E-state index contributed by atoms with van der Waals surface area (Å²) in [6.07, 6.45) is 3.96. The fourth-order valence-electron chi connectivity index (χ4n) is 2.41. The molecule has 0 saturated carbocycles. The molecule has 1 aliphatic heterocycles. The van der Waals surface area contributed by atoms with E-state index in [2.05, 4.69) is 62.7 Å². The van der Waals surface area contributed by atoms with Gasteiger partial charge < -0.3 is 4.90 Å². The number of hydrogen-bond donors (Lipinski definition) is 0. The maximum absolute atomic E-state index is 3.78. The zero-order valence-corrected chi connectivity index (χ0v) is 9.62. The zero-order chi connectivity index (χ0) is 11.1. The number of nitrogens with zero attached hydrogens (tertiary/aromatic N) is 1. The molecule has 15 heavy (non-hydrogen) atoms. The average molecular weight is 199 g/mol. The first-order chi connectivity index (χ1) is 7.09. The van der Waals surface area contributed by atoms with Crippen molar-refractivity contribution in [1.29, 1.82) is 0 Å². The van der Waals surface area contributed by atoms with Crippen molar-refractivity contribution in [1.82, 2.24) is 0 Å². The van der Waals surface area contributed by atoms with Gasteiger partial charge in [-0.15, -0.1) is 0 Å². The van der Waals surface area contributed by atoms with Gasteiger partial charge in [0.05, 0.1) is 0 Å². The Hall–Kier alpha value is -1.50. The molecule has 1 heterocycles. The highest BCUT2D eigenvalue weighted by molar-refractivity contribution is 5.69. The maximum Gasteiger partial charge on any atom is 0.0447 e. The Labute approximate surface area is 91.7 Å². The van der Waals surface area contributed by atoms with Gasteiger partial charge in [-0.1, -0.05) is 44.7 Å². The predicted octanol–water partition coefficient (Wildman–Crippen LogP) is 3.48. The van der Waals surface area contributed by atoms with Crippen molar-refractivity contribution in [2.75, 3.05) is 11.9 Å². The van der Waals surface area contributed by atoms with Gasteiger partial charge in [0.1, 0.15) is 0 Å². The predicted molar refractivity (Wildman–Crippen MR) is 66.2 cm³/mol. The van der Waals surface area contributed by atoms with Crippen LogP contribution >= 0.6 is 0 Å². The summed E-state index contributed by atoms with van der Waals surface area (Å²) in [6, 6.07) is 8.56. The summed E-state index contributed by atoms with van der Waals surface area (Å²) >= 11 is 0. The molecule has 0 saturated heterocycles. The molecule has 0 aromatic heterocycles. The molecule has 0 N–H and O–H groups in total. The minimum atomic E-state index is 0.0829. The van der Waals surface area contributed by atoms with Crippen molar-refractivity contribution in [3.63, 3.8) is 0 Å². The van der Waals surface area contributed by atoms with E-state index in [-0.39, 0.29) is 5.41 Å². The lowest BCUT2D eigenvalue weighted by atomic mass is 9.84. The van der Waals surface area contributed by atoms with Gasteiger partial charge in [-0.05, 0) is 17.7 Å². The molecule has 78 valence electrons. The summed E-state index contributed by atoms with van der Waals surface area (Å²) in [6.45, 7) is 8.29. The topological polar surface area (TPSA) is 3.24 Å². The number of hydrogen-bond acceptors (Lipinski definition) is 1. The van der Waals surface area contributed by atoms with E-state index in [4.69, 9.17) is 0 Å². The molecule has 1 aliphatic rings. The molecule has 0 atom stereocenters. The van der Waals surface area contributed by atoms with Gasteiger partial charge in [0, 0.05) is 23.8 Å². The Morgan fingerprint density at radius 3 is 2.53 bits per heavy atom. The Morgan fingerprint density at radius 2 is 1.93 bits per heavy atom. The van der Waals surface area contributed by atoms with Crippen molar-refractivity contribution >= 4 is 5.69 Å². The SMILES string of the molecule is C=C/C=C1\N(C)c2ccccc2C1(C)C.